The van der Waals surface area contributed by atoms with Gasteiger partial charge < -0.3 is 4.42 Å². The summed E-state index contributed by atoms with van der Waals surface area (Å²) in [6, 6.07) is 28.7. The third-order valence-corrected chi connectivity index (χ3v) is 6.31. The van der Waals surface area contributed by atoms with Gasteiger partial charge in [-0.25, -0.2) is 8.42 Å². The molecule has 0 fully saturated rings. The Balaban J connectivity index is 1.67. The maximum Gasteiger partial charge on any atom is 0.264 e. The second-order valence-electron chi connectivity index (χ2n) is 6.60. The van der Waals surface area contributed by atoms with Crippen molar-refractivity contribution in [1.82, 2.24) is 0 Å². The Hall–Kier alpha value is -3.64. The van der Waals surface area contributed by atoms with Gasteiger partial charge in [0, 0.05) is 0 Å². The van der Waals surface area contributed by atoms with Crippen molar-refractivity contribution in [3.63, 3.8) is 0 Å². The van der Waals surface area contributed by atoms with Gasteiger partial charge in [-0.2, -0.15) is 0 Å². The SMILES string of the molecule is O=S(=O)(c1ccccc1)N(Cc1ccccc1)c1ccc(N=Cc2ccco2)cc1. The number of sulfonamides is 1. The van der Waals surface area contributed by atoms with Gasteiger partial charge in [0.2, 0.25) is 0 Å². The third-order valence-electron chi connectivity index (χ3n) is 4.52. The maximum absolute atomic E-state index is 13.4. The van der Waals surface area contributed by atoms with E-state index in [2.05, 4.69) is 4.99 Å². The number of rotatable bonds is 7. The molecule has 4 aromatic rings. The molecule has 0 amide bonds. The zero-order valence-corrected chi connectivity index (χ0v) is 16.9. The lowest BCUT2D eigenvalue weighted by atomic mass is 10.2. The second-order valence-corrected chi connectivity index (χ2v) is 8.46. The van der Waals surface area contributed by atoms with Crippen LogP contribution in [0.25, 0.3) is 0 Å². The van der Waals surface area contributed by atoms with E-state index in [9.17, 15) is 8.42 Å². The molecular formula is C24H20N2O3S. The van der Waals surface area contributed by atoms with Crippen molar-refractivity contribution in [3.05, 3.63) is 115 Å². The highest BCUT2D eigenvalue weighted by Gasteiger charge is 2.25. The van der Waals surface area contributed by atoms with Crippen molar-refractivity contribution in [2.45, 2.75) is 11.4 Å². The number of benzene rings is 3. The first-order valence-electron chi connectivity index (χ1n) is 9.42. The van der Waals surface area contributed by atoms with Crippen LogP contribution in [-0.4, -0.2) is 14.6 Å². The molecule has 150 valence electrons. The molecule has 0 aliphatic carbocycles. The molecule has 0 spiro atoms. The zero-order valence-electron chi connectivity index (χ0n) is 16.1. The molecule has 0 bridgehead atoms. The van der Waals surface area contributed by atoms with Gasteiger partial charge in [-0.05, 0) is 54.1 Å². The van der Waals surface area contributed by atoms with Gasteiger partial charge in [-0.3, -0.25) is 9.30 Å². The minimum Gasteiger partial charge on any atom is -0.463 e. The first kappa shape index (κ1) is 19.7. The number of hydrogen-bond donors (Lipinski definition) is 0. The second kappa shape index (κ2) is 8.80. The molecular weight excluding hydrogens is 396 g/mol. The van der Waals surface area contributed by atoms with Crippen LogP contribution >= 0.6 is 0 Å². The molecule has 6 heteroatoms. The van der Waals surface area contributed by atoms with Gasteiger partial charge in [0.05, 0.1) is 35.3 Å². The molecule has 0 atom stereocenters. The van der Waals surface area contributed by atoms with Crippen LogP contribution in [0, 0.1) is 0 Å². The number of furan rings is 1. The van der Waals surface area contributed by atoms with E-state index in [0.29, 0.717) is 17.1 Å². The first-order chi connectivity index (χ1) is 14.6. The van der Waals surface area contributed by atoms with E-state index < -0.39 is 10.0 Å². The highest BCUT2D eigenvalue weighted by Crippen LogP contribution is 2.28. The summed E-state index contributed by atoms with van der Waals surface area (Å²) in [6.45, 7) is 0.229. The molecule has 4 rings (SSSR count). The summed E-state index contributed by atoms with van der Waals surface area (Å²) in [5.74, 6) is 0.649. The quantitative estimate of drug-likeness (QED) is 0.378. The van der Waals surface area contributed by atoms with E-state index in [4.69, 9.17) is 4.42 Å². The summed E-state index contributed by atoms with van der Waals surface area (Å²) >= 11 is 0. The highest BCUT2D eigenvalue weighted by molar-refractivity contribution is 7.92. The fourth-order valence-corrected chi connectivity index (χ4v) is 4.47. The maximum atomic E-state index is 13.4. The van der Waals surface area contributed by atoms with Crippen LogP contribution in [0.4, 0.5) is 11.4 Å². The van der Waals surface area contributed by atoms with Crippen molar-refractivity contribution in [2.24, 2.45) is 4.99 Å². The van der Waals surface area contributed by atoms with Crippen LogP contribution in [0.1, 0.15) is 11.3 Å². The smallest absolute Gasteiger partial charge is 0.264 e. The van der Waals surface area contributed by atoms with Crippen molar-refractivity contribution < 1.29 is 12.8 Å². The zero-order chi connectivity index (χ0) is 20.8. The Kier molecular flexibility index (Phi) is 5.77. The van der Waals surface area contributed by atoms with Crippen LogP contribution < -0.4 is 4.31 Å². The van der Waals surface area contributed by atoms with Gasteiger partial charge >= 0.3 is 0 Å². The molecule has 0 N–H and O–H groups in total. The van der Waals surface area contributed by atoms with E-state index >= 15 is 0 Å². The van der Waals surface area contributed by atoms with Crippen LogP contribution in [0.2, 0.25) is 0 Å². The molecule has 0 saturated carbocycles. The van der Waals surface area contributed by atoms with E-state index in [1.54, 1.807) is 73.1 Å². The van der Waals surface area contributed by atoms with Crippen LogP contribution in [0.15, 0.2) is 118 Å². The molecule has 0 radical (unpaired) electrons. The van der Waals surface area contributed by atoms with Crippen molar-refractivity contribution in [2.75, 3.05) is 4.31 Å². The number of anilines is 1. The Morgan fingerprint density at radius 3 is 2.10 bits per heavy atom. The summed E-state index contributed by atoms with van der Waals surface area (Å²) in [7, 11) is -3.73. The summed E-state index contributed by atoms with van der Waals surface area (Å²) in [5, 5.41) is 0. The predicted molar refractivity (Wildman–Crippen MR) is 119 cm³/mol. The lowest BCUT2D eigenvalue weighted by molar-refractivity contribution is 0.560. The fraction of sp³-hybridized carbons (Fsp3) is 0.0417. The van der Waals surface area contributed by atoms with Gasteiger partial charge in [-0.15, -0.1) is 0 Å². The van der Waals surface area contributed by atoms with E-state index in [1.165, 1.54) is 4.31 Å². The van der Waals surface area contributed by atoms with Crippen molar-refractivity contribution in [3.8, 4) is 0 Å². The largest absolute Gasteiger partial charge is 0.463 e. The third kappa shape index (κ3) is 4.50. The molecule has 0 aliphatic rings. The summed E-state index contributed by atoms with van der Waals surface area (Å²) in [4.78, 5) is 4.62. The van der Waals surface area contributed by atoms with Gasteiger partial charge in [0.25, 0.3) is 10.0 Å². The summed E-state index contributed by atoms with van der Waals surface area (Å²) in [6.07, 6.45) is 3.21. The molecule has 5 nitrogen and oxygen atoms in total. The average Bonchev–Trinajstić information content (AvgIpc) is 3.31. The Labute approximate surface area is 176 Å². The molecule has 3 aromatic carbocycles. The first-order valence-corrected chi connectivity index (χ1v) is 10.9. The fourth-order valence-electron chi connectivity index (χ4n) is 2.99. The highest BCUT2D eigenvalue weighted by atomic mass is 32.2. The van der Waals surface area contributed by atoms with E-state index in [1.807, 2.05) is 36.4 Å². The van der Waals surface area contributed by atoms with Crippen LogP contribution in [0.3, 0.4) is 0 Å². The van der Waals surface area contributed by atoms with Crippen molar-refractivity contribution >= 4 is 27.6 Å². The van der Waals surface area contributed by atoms with Gasteiger partial charge in [0.1, 0.15) is 5.76 Å². The molecule has 0 aliphatic heterocycles. The van der Waals surface area contributed by atoms with Crippen LogP contribution in [-0.2, 0) is 16.6 Å². The molecule has 0 unspecified atom stereocenters. The van der Waals surface area contributed by atoms with Gasteiger partial charge in [-0.1, -0.05) is 48.5 Å². The number of nitrogens with zero attached hydrogens (tertiary/aromatic N) is 2. The molecule has 30 heavy (non-hydrogen) atoms. The topological polar surface area (TPSA) is 62.9 Å². The van der Waals surface area contributed by atoms with E-state index in [-0.39, 0.29) is 11.4 Å². The Morgan fingerprint density at radius 1 is 0.800 bits per heavy atom. The normalized spacial score (nSPS) is 11.6. The van der Waals surface area contributed by atoms with Gasteiger partial charge in [0.15, 0.2) is 0 Å². The summed E-state index contributed by atoms with van der Waals surface area (Å²) < 4.78 is 33.4. The minimum absolute atomic E-state index is 0.229. The standard InChI is InChI=1S/C24H20N2O3S/c27-30(28,24-11-5-2-6-12-24)26(19-20-8-3-1-4-9-20)22-15-13-21(14-16-22)25-18-23-10-7-17-29-23/h1-18H,19H2. The average molecular weight is 417 g/mol. The number of hydrogen-bond acceptors (Lipinski definition) is 4. The van der Waals surface area contributed by atoms with E-state index in [0.717, 1.165) is 5.56 Å². The molecule has 1 aromatic heterocycles. The summed E-state index contributed by atoms with van der Waals surface area (Å²) in [5.41, 5.74) is 2.17. The predicted octanol–water partition coefficient (Wildman–Crippen LogP) is 5.43. The minimum atomic E-state index is -3.73. The van der Waals surface area contributed by atoms with Crippen LogP contribution in [0.5, 0.6) is 0 Å². The lowest BCUT2D eigenvalue weighted by Crippen LogP contribution is -2.30. The molecule has 0 saturated heterocycles. The monoisotopic (exact) mass is 416 g/mol. The Bertz CT molecular complexity index is 1200. The lowest BCUT2D eigenvalue weighted by Gasteiger charge is -2.25. The van der Waals surface area contributed by atoms with Crippen molar-refractivity contribution in [1.29, 1.82) is 0 Å². The Morgan fingerprint density at radius 2 is 1.47 bits per heavy atom. The number of aliphatic imine (C=N–C) groups is 1. The molecule has 1 heterocycles.